The van der Waals surface area contributed by atoms with Crippen molar-refractivity contribution in [3.8, 4) is 0 Å². The van der Waals surface area contributed by atoms with E-state index in [2.05, 4.69) is 26.8 Å². The molecule has 0 aromatic heterocycles. The standard InChI is InChI=1S/C30H44O3S/c1-4-30(31)18-15-24-22(20-30)10-11-26-25(24)14-17-29(3)27(12-13-28(26)29)21(2)16-19-34(32,33)23-8-6-5-7-9-23/h5-10,21,24-28,31H,4,11-20H2,1-3H3/t21-,24+,25?,26-,27-,28+,29-,30+/m1/s1. The Morgan fingerprint density at radius 1 is 1.06 bits per heavy atom. The number of hydrogen-bond donors (Lipinski definition) is 1. The summed E-state index contributed by atoms with van der Waals surface area (Å²) in [5.74, 6) is 4.38. The summed E-state index contributed by atoms with van der Waals surface area (Å²) in [7, 11) is -3.21. The lowest BCUT2D eigenvalue weighted by Crippen LogP contribution is -2.48. The molecule has 4 heteroatoms. The van der Waals surface area contributed by atoms with Crippen LogP contribution in [0.4, 0.5) is 0 Å². The van der Waals surface area contributed by atoms with E-state index in [-0.39, 0.29) is 5.75 Å². The van der Waals surface area contributed by atoms with Gasteiger partial charge in [-0.15, -0.1) is 0 Å². The minimum atomic E-state index is -3.21. The Morgan fingerprint density at radius 3 is 2.56 bits per heavy atom. The van der Waals surface area contributed by atoms with E-state index in [1.165, 1.54) is 32.1 Å². The normalized spacial score (nSPS) is 40.6. The fourth-order valence-corrected chi connectivity index (χ4v) is 10.4. The number of sulfone groups is 1. The fraction of sp³-hybridized carbons (Fsp3) is 0.733. The molecule has 0 amide bonds. The van der Waals surface area contributed by atoms with E-state index in [0.29, 0.717) is 28.1 Å². The zero-order valence-corrected chi connectivity index (χ0v) is 22.2. The van der Waals surface area contributed by atoms with Crippen LogP contribution >= 0.6 is 0 Å². The number of rotatable bonds is 6. The SMILES string of the molecule is CC[C@]1(O)CC[C@H]2C(=CC[C@@H]3C2CC[C@]2(C)[C@@H]([C@H](C)CCS(=O)(=O)c4ccccc4)CC[C@@H]32)C1. The van der Waals surface area contributed by atoms with Gasteiger partial charge in [0.2, 0.25) is 0 Å². The summed E-state index contributed by atoms with van der Waals surface area (Å²) in [4.78, 5) is 0.463. The van der Waals surface area contributed by atoms with Gasteiger partial charge in [-0.05, 0) is 117 Å². The van der Waals surface area contributed by atoms with Crippen molar-refractivity contribution in [3.05, 3.63) is 42.0 Å². The van der Waals surface area contributed by atoms with Gasteiger partial charge in [0.15, 0.2) is 9.84 Å². The highest BCUT2D eigenvalue weighted by Crippen LogP contribution is 2.65. The molecule has 1 N–H and O–H groups in total. The van der Waals surface area contributed by atoms with Crippen molar-refractivity contribution in [2.75, 3.05) is 5.75 Å². The Bertz CT molecular complexity index is 1010. The van der Waals surface area contributed by atoms with Crippen LogP contribution in [-0.4, -0.2) is 24.9 Å². The van der Waals surface area contributed by atoms with Crippen LogP contribution in [0, 0.1) is 40.9 Å². The summed E-state index contributed by atoms with van der Waals surface area (Å²) in [5.41, 5.74) is 1.45. The highest BCUT2D eigenvalue weighted by molar-refractivity contribution is 7.91. The Kier molecular flexibility index (Phi) is 6.55. The monoisotopic (exact) mass is 484 g/mol. The first-order chi connectivity index (χ1) is 16.2. The van der Waals surface area contributed by atoms with Gasteiger partial charge in [0.1, 0.15) is 0 Å². The molecule has 188 valence electrons. The van der Waals surface area contributed by atoms with Crippen LogP contribution in [-0.2, 0) is 9.84 Å². The van der Waals surface area contributed by atoms with E-state index >= 15 is 0 Å². The Balaban J connectivity index is 1.27. The van der Waals surface area contributed by atoms with E-state index in [4.69, 9.17) is 0 Å². The van der Waals surface area contributed by atoms with Crippen molar-refractivity contribution < 1.29 is 13.5 Å². The average molecular weight is 485 g/mol. The molecule has 0 aliphatic heterocycles. The molecule has 1 aromatic carbocycles. The molecule has 0 spiro atoms. The van der Waals surface area contributed by atoms with Crippen LogP contribution in [0.25, 0.3) is 0 Å². The van der Waals surface area contributed by atoms with Gasteiger partial charge in [-0.3, -0.25) is 0 Å². The molecule has 0 saturated heterocycles. The van der Waals surface area contributed by atoms with Crippen LogP contribution < -0.4 is 0 Å². The van der Waals surface area contributed by atoms with E-state index in [1.807, 2.05) is 18.2 Å². The van der Waals surface area contributed by atoms with Gasteiger partial charge in [-0.2, -0.15) is 0 Å². The second-order valence-electron chi connectivity index (χ2n) is 12.5. The molecule has 4 aliphatic rings. The zero-order chi connectivity index (χ0) is 24.1. The molecule has 0 heterocycles. The maximum absolute atomic E-state index is 12.9. The minimum absolute atomic E-state index is 0.260. The molecule has 1 unspecified atom stereocenters. The first-order valence-corrected chi connectivity index (χ1v) is 15.5. The third kappa shape index (κ3) is 4.21. The van der Waals surface area contributed by atoms with Gasteiger partial charge in [0.05, 0.1) is 16.2 Å². The van der Waals surface area contributed by atoms with Crippen molar-refractivity contribution in [2.45, 2.75) is 95.5 Å². The van der Waals surface area contributed by atoms with Crippen molar-refractivity contribution in [2.24, 2.45) is 40.9 Å². The topological polar surface area (TPSA) is 54.4 Å². The number of hydrogen-bond acceptors (Lipinski definition) is 3. The lowest BCUT2D eigenvalue weighted by Gasteiger charge is -2.55. The second kappa shape index (κ2) is 9.07. The van der Waals surface area contributed by atoms with Crippen molar-refractivity contribution >= 4 is 9.84 Å². The summed E-state index contributed by atoms with van der Waals surface area (Å²) in [6.45, 7) is 6.99. The van der Waals surface area contributed by atoms with Crippen molar-refractivity contribution in [3.63, 3.8) is 0 Å². The lowest BCUT2D eigenvalue weighted by atomic mass is 9.50. The number of benzene rings is 1. The lowest BCUT2D eigenvalue weighted by molar-refractivity contribution is -0.0456. The smallest absolute Gasteiger partial charge is 0.178 e. The van der Waals surface area contributed by atoms with Gasteiger partial charge in [-0.25, -0.2) is 8.42 Å². The zero-order valence-electron chi connectivity index (χ0n) is 21.4. The van der Waals surface area contributed by atoms with E-state index in [1.54, 1.807) is 17.7 Å². The molecule has 0 radical (unpaired) electrons. The Labute approximate surface area is 207 Å². The van der Waals surface area contributed by atoms with Gasteiger partial charge in [0, 0.05) is 0 Å². The van der Waals surface area contributed by atoms with Gasteiger partial charge >= 0.3 is 0 Å². The third-order valence-corrected chi connectivity index (χ3v) is 12.7. The summed E-state index contributed by atoms with van der Waals surface area (Å²) in [6.07, 6.45) is 13.6. The molecule has 5 rings (SSSR count). The van der Waals surface area contributed by atoms with Crippen LogP contribution in [0.1, 0.15) is 85.0 Å². The van der Waals surface area contributed by atoms with Crippen LogP contribution in [0.3, 0.4) is 0 Å². The highest BCUT2D eigenvalue weighted by Gasteiger charge is 2.57. The van der Waals surface area contributed by atoms with Gasteiger partial charge in [0.25, 0.3) is 0 Å². The predicted molar refractivity (Wildman–Crippen MR) is 138 cm³/mol. The van der Waals surface area contributed by atoms with Crippen LogP contribution in [0.5, 0.6) is 0 Å². The molecule has 4 aliphatic carbocycles. The van der Waals surface area contributed by atoms with E-state index < -0.39 is 15.4 Å². The molecule has 0 bridgehead atoms. The first-order valence-electron chi connectivity index (χ1n) is 13.9. The number of fused-ring (bicyclic) bond motifs is 5. The average Bonchev–Trinajstić information content (AvgIpc) is 3.20. The van der Waals surface area contributed by atoms with Crippen LogP contribution in [0.15, 0.2) is 46.9 Å². The summed E-state index contributed by atoms with van der Waals surface area (Å²) in [6, 6.07) is 8.96. The highest BCUT2D eigenvalue weighted by atomic mass is 32.2. The van der Waals surface area contributed by atoms with Gasteiger partial charge < -0.3 is 5.11 Å². The van der Waals surface area contributed by atoms with Crippen molar-refractivity contribution in [1.82, 2.24) is 0 Å². The Morgan fingerprint density at radius 2 is 1.82 bits per heavy atom. The molecule has 3 saturated carbocycles. The van der Waals surface area contributed by atoms with Crippen molar-refractivity contribution in [1.29, 1.82) is 0 Å². The summed E-state index contributed by atoms with van der Waals surface area (Å²) in [5, 5.41) is 10.9. The number of aliphatic hydroxyl groups is 1. The predicted octanol–water partition coefficient (Wildman–Crippen LogP) is 6.82. The second-order valence-corrected chi connectivity index (χ2v) is 14.6. The molecule has 34 heavy (non-hydrogen) atoms. The third-order valence-electron chi connectivity index (χ3n) is 11.0. The van der Waals surface area contributed by atoms with Gasteiger partial charge in [-0.1, -0.05) is 50.6 Å². The molecule has 1 aromatic rings. The van der Waals surface area contributed by atoms with E-state index in [0.717, 1.165) is 49.9 Å². The fourth-order valence-electron chi connectivity index (χ4n) is 8.93. The first kappa shape index (κ1) is 24.6. The number of allylic oxidation sites excluding steroid dienone is 1. The largest absolute Gasteiger partial charge is 0.390 e. The maximum Gasteiger partial charge on any atom is 0.178 e. The molecule has 3 fully saturated rings. The molecule has 3 nitrogen and oxygen atoms in total. The molecule has 8 atom stereocenters. The van der Waals surface area contributed by atoms with Crippen LogP contribution in [0.2, 0.25) is 0 Å². The van der Waals surface area contributed by atoms with E-state index in [9.17, 15) is 13.5 Å². The molecular weight excluding hydrogens is 440 g/mol. The minimum Gasteiger partial charge on any atom is -0.390 e. The summed E-state index contributed by atoms with van der Waals surface area (Å²) >= 11 is 0. The Hall–Kier alpha value is -1.13. The molecular formula is C30H44O3S. The maximum atomic E-state index is 12.9. The quantitative estimate of drug-likeness (QED) is 0.451. The summed E-state index contributed by atoms with van der Waals surface area (Å²) < 4.78 is 25.8.